The molecule has 0 saturated carbocycles. The van der Waals surface area contributed by atoms with Gasteiger partial charge < -0.3 is 9.13 Å². The monoisotopic (exact) mass is 690 g/mol. The first-order chi connectivity index (χ1) is 26.6. The molecule has 0 unspecified atom stereocenters. The Morgan fingerprint density at radius 3 is 1.31 bits per heavy atom. The van der Waals surface area contributed by atoms with Crippen molar-refractivity contribution in [2.75, 3.05) is 0 Å². The maximum absolute atomic E-state index is 10.7. The Morgan fingerprint density at radius 2 is 0.852 bits per heavy atom. The largest absolute Gasteiger partial charge is 0.308 e. The second kappa shape index (κ2) is 12.5. The summed E-state index contributed by atoms with van der Waals surface area (Å²) in [5.41, 5.74) is 15.9. The van der Waals surface area contributed by atoms with Crippen LogP contribution in [0.5, 0.6) is 0 Å². The number of hydrogen-bond donors (Lipinski definition) is 0. The molecule has 0 aliphatic carbocycles. The number of hydrogen-bond acceptors (Lipinski definition) is 2. The van der Waals surface area contributed by atoms with Gasteiger partial charge in [-0.1, -0.05) is 120 Å². The first-order valence-corrected chi connectivity index (χ1v) is 18.3. The summed E-state index contributed by atoms with van der Waals surface area (Å²) in [5.74, 6) is 0. The van der Waals surface area contributed by atoms with Gasteiger partial charge in [-0.2, -0.15) is 5.26 Å². The molecule has 10 rings (SSSR count). The molecule has 0 N–H and O–H groups in total. The van der Waals surface area contributed by atoms with Gasteiger partial charge in [0.15, 0.2) is 0 Å². The number of nitrogens with zero attached hydrogens (tertiary/aromatic N) is 4. The van der Waals surface area contributed by atoms with Gasteiger partial charge in [-0.05, 0) is 90.2 Å². The van der Waals surface area contributed by atoms with Crippen molar-refractivity contribution in [3.05, 3.63) is 187 Å². The van der Waals surface area contributed by atoms with E-state index in [0.29, 0.717) is 5.56 Å². The Balaban J connectivity index is 1.35. The van der Waals surface area contributed by atoms with Gasteiger partial charge >= 0.3 is 0 Å². The lowest BCUT2D eigenvalue weighted by Crippen LogP contribution is -2.05. The number of benzene rings is 7. The molecule has 7 aromatic carbocycles. The Morgan fingerprint density at radius 1 is 0.426 bits per heavy atom. The molecule has 4 heteroatoms. The van der Waals surface area contributed by atoms with Crippen LogP contribution in [0.3, 0.4) is 0 Å². The maximum Gasteiger partial charge on any atom is 0.0993 e. The summed E-state index contributed by atoms with van der Waals surface area (Å²) in [6.07, 6.45) is 3.70. The number of aromatic nitrogens is 3. The average molecular weight is 691 g/mol. The lowest BCUT2D eigenvalue weighted by atomic mass is 9.98. The van der Waals surface area contributed by atoms with Crippen molar-refractivity contribution in [1.29, 1.82) is 5.26 Å². The molecule has 0 atom stereocenters. The van der Waals surface area contributed by atoms with E-state index in [9.17, 15) is 5.26 Å². The topological polar surface area (TPSA) is 46.5 Å². The number of fused-ring (bicyclic) bond motifs is 6. The molecule has 0 aliphatic heterocycles. The van der Waals surface area contributed by atoms with E-state index in [4.69, 9.17) is 0 Å². The highest BCUT2D eigenvalue weighted by Gasteiger charge is 2.23. The molecule has 3 heterocycles. The number of aryl methyl sites for hydroxylation is 2. The number of nitriles is 1. The minimum Gasteiger partial charge on any atom is -0.308 e. The smallest absolute Gasteiger partial charge is 0.0993 e. The van der Waals surface area contributed by atoms with E-state index in [2.05, 4.69) is 192 Å². The van der Waals surface area contributed by atoms with Crippen molar-refractivity contribution in [3.63, 3.8) is 0 Å². The molecule has 254 valence electrons. The summed E-state index contributed by atoms with van der Waals surface area (Å²) in [4.78, 5) is 4.43. The molecular formula is C50H34N4. The van der Waals surface area contributed by atoms with Crippen LogP contribution < -0.4 is 0 Å². The fourth-order valence-electron chi connectivity index (χ4n) is 8.15. The highest BCUT2D eigenvalue weighted by molar-refractivity contribution is 6.13. The average Bonchev–Trinajstić information content (AvgIpc) is 3.73. The van der Waals surface area contributed by atoms with Gasteiger partial charge in [0.25, 0.3) is 0 Å². The third-order valence-electron chi connectivity index (χ3n) is 10.8. The minimum absolute atomic E-state index is 0.582. The molecule has 0 aliphatic rings. The van der Waals surface area contributed by atoms with Gasteiger partial charge in [-0.15, -0.1) is 0 Å². The number of rotatable bonds is 5. The first-order valence-electron chi connectivity index (χ1n) is 18.3. The van der Waals surface area contributed by atoms with Crippen molar-refractivity contribution >= 4 is 43.6 Å². The van der Waals surface area contributed by atoms with Crippen LogP contribution in [0.25, 0.3) is 88.4 Å². The molecule has 54 heavy (non-hydrogen) atoms. The molecule has 0 bridgehead atoms. The van der Waals surface area contributed by atoms with E-state index in [0.717, 1.165) is 88.4 Å². The van der Waals surface area contributed by atoms with Gasteiger partial charge in [0.05, 0.1) is 45.1 Å². The van der Waals surface area contributed by atoms with Crippen LogP contribution in [0.4, 0.5) is 0 Å². The molecule has 0 amide bonds. The molecule has 4 nitrogen and oxygen atoms in total. The SMILES string of the molecule is Cc1ccc(-c2ccc3c4ccccc4n(-c4cc(C#N)cc(-n5c6ccccc6c6ccc(-c7ccc(C)cc7)cc65)c4-c4ccncc4)c3c2)cc1. The summed E-state index contributed by atoms with van der Waals surface area (Å²) >= 11 is 0. The summed E-state index contributed by atoms with van der Waals surface area (Å²) in [6, 6.07) is 58.9. The fraction of sp³-hybridized carbons (Fsp3) is 0.0400. The first kappa shape index (κ1) is 31.5. The highest BCUT2D eigenvalue weighted by Crippen LogP contribution is 2.43. The molecule has 0 saturated heterocycles. The Bertz CT molecular complexity index is 2920. The van der Waals surface area contributed by atoms with Crippen molar-refractivity contribution in [3.8, 4) is 50.8 Å². The predicted molar refractivity (Wildman–Crippen MR) is 223 cm³/mol. The van der Waals surface area contributed by atoms with Crippen LogP contribution in [0.1, 0.15) is 16.7 Å². The Hall–Kier alpha value is -7.22. The maximum atomic E-state index is 10.7. The quantitative estimate of drug-likeness (QED) is 0.180. The standard InChI is InChI=1S/C50H34N4/c1-32-11-15-35(16-12-32)38-19-21-42-40-7-3-5-9-44(40)53(46(42)29-38)48-27-34(31-51)28-49(50(48)37-23-25-52-26-24-37)54-45-10-6-4-8-41(45)43-22-20-39(30-47(43)54)36-17-13-33(2)14-18-36/h3-30H,1-2H3. The molecule has 0 spiro atoms. The predicted octanol–water partition coefficient (Wildman–Crippen LogP) is 12.8. The summed E-state index contributed by atoms with van der Waals surface area (Å²) in [7, 11) is 0. The van der Waals surface area contributed by atoms with Crippen LogP contribution in [0.15, 0.2) is 170 Å². The van der Waals surface area contributed by atoms with Gasteiger partial charge in [0.1, 0.15) is 0 Å². The van der Waals surface area contributed by atoms with Crippen LogP contribution in [-0.4, -0.2) is 14.1 Å². The van der Waals surface area contributed by atoms with E-state index < -0.39 is 0 Å². The lowest BCUT2D eigenvalue weighted by Gasteiger charge is -2.21. The van der Waals surface area contributed by atoms with Crippen molar-refractivity contribution < 1.29 is 0 Å². The van der Waals surface area contributed by atoms with Crippen LogP contribution in [0.2, 0.25) is 0 Å². The molecule has 3 aromatic heterocycles. The Kier molecular flexibility index (Phi) is 7.28. The summed E-state index contributed by atoms with van der Waals surface area (Å²) in [5, 5.41) is 15.4. The van der Waals surface area contributed by atoms with Gasteiger partial charge in [0.2, 0.25) is 0 Å². The third kappa shape index (κ3) is 5.02. The molecule has 0 radical (unpaired) electrons. The normalized spacial score (nSPS) is 11.5. The van der Waals surface area contributed by atoms with E-state index in [1.165, 1.54) is 11.1 Å². The third-order valence-corrected chi connectivity index (χ3v) is 10.8. The highest BCUT2D eigenvalue weighted by atomic mass is 15.0. The minimum atomic E-state index is 0.582. The zero-order chi connectivity index (χ0) is 36.3. The summed E-state index contributed by atoms with van der Waals surface area (Å²) in [6.45, 7) is 4.23. The van der Waals surface area contributed by atoms with Crippen LogP contribution in [-0.2, 0) is 0 Å². The fourth-order valence-corrected chi connectivity index (χ4v) is 8.15. The second-order valence-electron chi connectivity index (χ2n) is 14.1. The number of para-hydroxylation sites is 2. The molecule has 0 fully saturated rings. The van der Waals surface area contributed by atoms with E-state index in [1.807, 2.05) is 12.4 Å². The van der Waals surface area contributed by atoms with Crippen LogP contribution in [0, 0.1) is 25.2 Å². The van der Waals surface area contributed by atoms with E-state index in [1.54, 1.807) is 0 Å². The van der Waals surface area contributed by atoms with Gasteiger partial charge in [-0.25, -0.2) is 0 Å². The molecule has 10 aromatic rings. The second-order valence-corrected chi connectivity index (χ2v) is 14.1. The van der Waals surface area contributed by atoms with Crippen molar-refractivity contribution in [2.24, 2.45) is 0 Å². The van der Waals surface area contributed by atoms with Gasteiger partial charge in [-0.3, -0.25) is 4.98 Å². The van der Waals surface area contributed by atoms with Gasteiger partial charge in [0, 0.05) is 39.5 Å². The van der Waals surface area contributed by atoms with Crippen molar-refractivity contribution in [2.45, 2.75) is 13.8 Å². The Labute approximate surface area is 313 Å². The number of pyridine rings is 1. The zero-order valence-electron chi connectivity index (χ0n) is 30.0. The van der Waals surface area contributed by atoms with E-state index >= 15 is 0 Å². The van der Waals surface area contributed by atoms with Crippen LogP contribution >= 0.6 is 0 Å². The summed E-state index contributed by atoms with van der Waals surface area (Å²) < 4.78 is 4.71. The van der Waals surface area contributed by atoms with E-state index in [-0.39, 0.29) is 0 Å². The lowest BCUT2D eigenvalue weighted by molar-refractivity contribution is 1.13. The zero-order valence-corrected chi connectivity index (χ0v) is 30.0. The molecular weight excluding hydrogens is 657 g/mol. The van der Waals surface area contributed by atoms with Crippen molar-refractivity contribution in [1.82, 2.24) is 14.1 Å².